The number of anilines is 1. The second-order valence-corrected chi connectivity index (χ2v) is 11.1. The number of benzene rings is 1. The third kappa shape index (κ3) is 5.57. The van der Waals surface area contributed by atoms with Crippen LogP contribution in [0.25, 0.3) is 0 Å². The first-order valence-electron chi connectivity index (χ1n) is 10.5. The van der Waals surface area contributed by atoms with Gasteiger partial charge in [-0.25, -0.2) is 8.42 Å². The summed E-state index contributed by atoms with van der Waals surface area (Å²) in [5.74, 6) is 0.861. The van der Waals surface area contributed by atoms with Crippen molar-refractivity contribution < 1.29 is 17.9 Å². The molecular weight excluding hydrogens is 374 g/mol. The molecule has 1 saturated heterocycles. The van der Waals surface area contributed by atoms with Gasteiger partial charge in [-0.1, -0.05) is 12.1 Å². The van der Waals surface area contributed by atoms with Crippen LogP contribution in [0.15, 0.2) is 24.3 Å². The van der Waals surface area contributed by atoms with Crippen LogP contribution in [0, 0.1) is 11.8 Å². The zero-order valence-electron chi connectivity index (χ0n) is 17.1. The second kappa shape index (κ2) is 9.40. The third-order valence-electron chi connectivity index (χ3n) is 6.18. The first kappa shape index (κ1) is 21.3. The van der Waals surface area contributed by atoms with Crippen molar-refractivity contribution in [2.75, 3.05) is 37.0 Å². The van der Waals surface area contributed by atoms with Crippen LogP contribution in [-0.2, 0) is 25.8 Å². The number of carbonyl (C=O) groups excluding carboxylic acids is 1. The maximum absolute atomic E-state index is 12.7. The third-order valence-corrected chi connectivity index (χ3v) is 8.55. The first-order chi connectivity index (χ1) is 13.3. The topological polar surface area (TPSA) is 63.7 Å². The number of Topliss-reactive ketones (excluding diaryl/α,β-unsaturated/α-hetero) is 1. The van der Waals surface area contributed by atoms with E-state index >= 15 is 0 Å². The van der Waals surface area contributed by atoms with Crippen molar-refractivity contribution in [3.05, 3.63) is 29.8 Å². The van der Waals surface area contributed by atoms with Gasteiger partial charge in [0, 0.05) is 31.1 Å². The SMILES string of the molecule is CC(C)S(=O)(=O)CC1CCC(C(=O)Cc2ccc(N3CCOCC3)cc2)CC1. The summed E-state index contributed by atoms with van der Waals surface area (Å²) in [7, 11) is -2.99. The summed E-state index contributed by atoms with van der Waals surface area (Å²) >= 11 is 0. The number of ketones is 1. The van der Waals surface area contributed by atoms with Crippen molar-refractivity contribution in [3.63, 3.8) is 0 Å². The minimum atomic E-state index is -2.99. The van der Waals surface area contributed by atoms with Gasteiger partial charge < -0.3 is 9.64 Å². The van der Waals surface area contributed by atoms with E-state index in [1.807, 2.05) is 0 Å². The highest BCUT2D eigenvalue weighted by molar-refractivity contribution is 7.91. The Kier molecular flexibility index (Phi) is 7.15. The molecule has 1 aliphatic carbocycles. The fraction of sp³-hybridized carbons (Fsp3) is 0.682. The lowest BCUT2D eigenvalue weighted by molar-refractivity contribution is -0.123. The summed E-state index contributed by atoms with van der Waals surface area (Å²) in [6, 6.07) is 8.32. The van der Waals surface area contributed by atoms with Gasteiger partial charge in [0.2, 0.25) is 0 Å². The summed E-state index contributed by atoms with van der Waals surface area (Å²) in [6.45, 7) is 6.84. The van der Waals surface area contributed by atoms with E-state index < -0.39 is 9.84 Å². The molecule has 0 atom stereocenters. The molecule has 0 bridgehead atoms. The van der Waals surface area contributed by atoms with Crippen LogP contribution in [0.5, 0.6) is 0 Å². The molecule has 1 aliphatic heterocycles. The smallest absolute Gasteiger partial charge is 0.152 e. The molecule has 0 unspecified atom stereocenters. The van der Waals surface area contributed by atoms with Gasteiger partial charge in [-0.05, 0) is 63.1 Å². The molecule has 1 saturated carbocycles. The molecule has 156 valence electrons. The van der Waals surface area contributed by atoms with E-state index in [-0.39, 0.29) is 22.8 Å². The minimum absolute atomic E-state index is 0.0805. The van der Waals surface area contributed by atoms with E-state index in [1.54, 1.807) is 13.8 Å². The van der Waals surface area contributed by atoms with Gasteiger partial charge in [0.1, 0.15) is 5.78 Å². The molecule has 0 aromatic heterocycles. The van der Waals surface area contributed by atoms with Crippen molar-refractivity contribution in [1.82, 2.24) is 0 Å². The molecular formula is C22H33NO4S. The van der Waals surface area contributed by atoms with Crippen molar-refractivity contribution >= 4 is 21.3 Å². The molecule has 6 heteroatoms. The summed E-state index contributed by atoms with van der Waals surface area (Å²) in [4.78, 5) is 15.0. The van der Waals surface area contributed by atoms with Gasteiger partial charge in [-0.2, -0.15) is 0 Å². The Bertz CT molecular complexity index is 743. The number of sulfone groups is 1. The van der Waals surface area contributed by atoms with Crippen molar-refractivity contribution in [3.8, 4) is 0 Å². The fourth-order valence-electron chi connectivity index (χ4n) is 4.16. The molecule has 0 N–H and O–H groups in total. The maximum atomic E-state index is 12.7. The Balaban J connectivity index is 1.48. The van der Waals surface area contributed by atoms with E-state index in [4.69, 9.17) is 4.74 Å². The average Bonchev–Trinajstić information content (AvgIpc) is 2.69. The van der Waals surface area contributed by atoms with E-state index in [0.29, 0.717) is 12.2 Å². The number of morpholine rings is 1. The van der Waals surface area contributed by atoms with E-state index in [2.05, 4.69) is 29.2 Å². The molecule has 2 fully saturated rings. The number of ether oxygens (including phenoxy) is 1. The molecule has 1 aromatic rings. The predicted octanol–water partition coefficient (Wildman–Crippen LogP) is 3.26. The highest BCUT2D eigenvalue weighted by atomic mass is 32.2. The first-order valence-corrected chi connectivity index (χ1v) is 12.2. The normalized spacial score (nSPS) is 23.8. The zero-order valence-corrected chi connectivity index (χ0v) is 17.9. The predicted molar refractivity (Wildman–Crippen MR) is 113 cm³/mol. The molecule has 1 heterocycles. The summed E-state index contributed by atoms with van der Waals surface area (Å²) in [5, 5.41) is -0.313. The Morgan fingerprint density at radius 3 is 2.25 bits per heavy atom. The van der Waals surface area contributed by atoms with Gasteiger partial charge >= 0.3 is 0 Å². The van der Waals surface area contributed by atoms with Crippen LogP contribution in [0.3, 0.4) is 0 Å². The lowest BCUT2D eigenvalue weighted by Gasteiger charge is -2.29. The zero-order chi connectivity index (χ0) is 20.1. The van der Waals surface area contributed by atoms with E-state index in [9.17, 15) is 13.2 Å². The monoisotopic (exact) mass is 407 g/mol. The number of nitrogens with zero attached hydrogens (tertiary/aromatic N) is 1. The van der Waals surface area contributed by atoms with Crippen molar-refractivity contribution in [2.24, 2.45) is 11.8 Å². The molecule has 0 radical (unpaired) electrons. The van der Waals surface area contributed by atoms with Crippen LogP contribution in [0.4, 0.5) is 5.69 Å². The highest BCUT2D eigenvalue weighted by Gasteiger charge is 2.30. The van der Waals surface area contributed by atoms with Gasteiger partial charge in [0.15, 0.2) is 9.84 Å². The van der Waals surface area contributed by atoms with Gasteiger partial charge in [-0.15, -0.1) is 0 Å². The molecule has 2 aliphatic rings. The molecule has 0 amide bonds. The summed E-state index contributed by atoms with van der Waals surface area (Å²) in [5.41, 5.74) is 2.25. The lowest BCUT2D eigenvalue weighted by atomic mass is 9.79. The van der Waals surface area contributed by atoms with Crippen LogP contribution in [0.2, 0.25) is 0 Å². The second-order valence-electron chi connectivity index (χ2n) is 8.50. The van der Waals surface area contributed by atoms with Crippen LogP contribution < -0.4 is 4.90 Å². The van der Waals surface area contributed by atoms with Crippen molar-refractivity contribution in [2.45, 2.75) is 51.2 Å². The molecule has 28 heavy (non-hydrogen) atoms. The number of rotatable bonds is 7. The average molecular weight is 408 g/mol. The number of hydrogen-bond acceptors (Lipinski definition) is 5. The van der Waals surface area contributed by atoms with E-state index in [0.717, 1.165) is 57.6 Å². The Morgan fingerprint density at radius 2 is 1.68 bits per heavy atom. The lowest BCUT2D eigenvalue weighted by Crippen LogP contribution is -2.36. The standard InChI is InChI=1S/C22H33NO4S/c1-17(2)28(25,26)16-19-3-7-20(8-4-19)22(24)15-18-5-9-21(10-6-18)23-11-13-27-14-12-23/h5-6,9-10,17,19-20H,3-4,7-8,11-16H2,1-2H3. The minimum Gasteiger partial charge on any atom is -0.378 e. The number of carbonyl (C=O) groups is 1. The quantitative estimate of drug-likeness (QED) is 0.694. The molecule has 3 rings (SSSR count). The molecule has 0 spiro atoms. The van der Waals surface area contributed by atoms with Crippen LogP contribution in [-0.4, -0.2) is 51.5 Å². The van der Waals surface area contributed by atoms with Crippen LogP contribution >= 0.6 is 0 Å². The van der Waals surface area contributed by atoms with E-state index in [1.165, 1.54) is 5.69 Å². The summed E-state index contributed by atoms with van der Waals surface area (Å²) in [6.07, 6.45) is 3.81. The number of hydrogen-bond donors (Lipinski definition) is 0. The highest BCUT2D eigenvalue weighted by Crippen LogP contribution is 2.31. The van der Waals surface area contributed by atoms with Crippen LogP contribution in [0.1, 0.15) is 45.1 Å². The molecule has 5 nitrogen and oxygen atoms in total. The Hall–Kier alpha value is -1.40. The van der Waals surface area contributed by atoms with Crippen molar-refractivity contribution in [1.29, 1.82) is 0 Å². The Labute approximate surface area is 169 Å². The molecule has 1 aromatic carbocycles. The summed E-state index contributed by atoms with van der Waals surface area (Å²) < 4.78 is 29.6. The Morgan fingerprint density at radius 1 is 1.07 bits per heavy atom. The largest absolute Gasteiger partial charge is 0.378 e. The van der Waals surface area contributed by atoms with Gasteiger partial charge in [-0.3, -0.25) is 4.79 Å². The fourth-order valence-corrected chi connectivity index (χ4v) is 5.54. The van der Waals surface area contributed by atoms with Gasteiger partial charge in [0.25, 0.3) is 0 Å². The van der Waals surface area contributed by atoms with Gasteiger partial charge in [0.05, 0.1) is 24.2 Å². The maximum Gasteiger partial charge on any atom is 0.152 e.